The number of hydrogen-bond donors (Lipinski definition) is 2. The molecule has 1 heterocycles. The fraction of sp³-hybridized carbons (Fsp3) is 0.259. The monoisotopic (exact) mass is 472 g/mol. The van der Waals surface area contributed by atoms with Crippen LogP contribution < -0.4 is 10.6 Å². The molecular formula is C27H28N4O4. The highest BCUT2D eigenvalue weighted by Gasteiger charge is 2.50. The number of carbonyl (C=O) groups is 4. The van der Waals surface area contributed by atoms with Crippen molar-refractivity contribution < 1.29 is 19.2 Å². The van der Waals surface area contributed by atoms with E-state index in [1.807, 2.05) is 68.4 Å². The second-order valence-electron chi connectivity index (χ2n) is 9.04. The molecule has 1 unspecified atom stereocenters. The highest BCUT2D eigenvalue weighted by Crippen LogP contribution is 2.33. The molecular weight excluding hydrogens is 444 g/mol. The van der Waals surface area contributed by atoms with Crippen molar-refractivity contribution in [3.8, 4) is 0 Å². The van der Waals surface area contributed by atoms with E-state index in [0.29, 0.717) is 11.3 Å². The highest BCUT2D eigenvalue weighted by molar-refractivity contribution is 6.11. The van der Waals surface area contributed by atoms with E-state index in [2.05, 4.69) is 10.6 Å². The van der Waals surface area contributed by atoms with Gasteiger partial charge in [-0.05, 0) is 48.2 Å². The number of nitrogens with one attached hydrogen (secondary N) is 2. The lowest BCUT2D eigenvalue weighted by Crippen LogP contribution is -2.45. The van der Waals surface area contributed by atoms with Gasteiger partial charge in [0.1, 0.15) is 12.1 Å². The van der Waals surface area contributed by atoms with Crippen LogP contribution in [-0.2, 0) is 19.9 Å². The van der Waals surface area contributed by atoms with Crippen LogP contribution in [0.4, 0.5) is 10.5 Å². The topological polar surface area (TPSA) is 98.8 Å². The first kappa shape index (κ1) is 23.9. The molecule has 4 rings (SSSR count). The van der Waals surface area contributed by atoms with Crippen LogP contribution in [0.2, 0.25) is 0 Å². The Morgan fingerprint density at radius 3 is 2.31 bits per heavy atom. The van der Waals surface area contributed by atoms with E-state index in [1.54, 1.807) is 13.0 Å². The standard InChI is InChI=1S/C27H28N4O4/c1-17-9-7-10-18(2)24(17)28-22(32)15-30(4)23(33)16-31-25(34)27(3,29-26(31)35)21-14-8-12-19-11-5-6-13-20(19)21/h5-14H,15-16H2,1-4H3,(H,28,32)(H,29,35). The highest BCUT2D eigenvalue weighted by atomic mass is 16.2. The quantitative estimate of drug-likeness (QED) is 0.538. The molecule has 1 aliphatic heterocycles. The number of fused-ring (bicyclic) bond motifs is 1. The molecule has 5 amide bonds. The van der Waals surface area contributed by atoms with Crippen LogP contribution in [0.3, 0.4) is 0 Å². The van der Waals surface area contributed by atoms with Gasteiger partial charge in [0.25, 0.3) is 5.91 Å². The summed E-state index contributed by atoms with van der Waals surface area (Å²) in [6.07, 6.45) is 0. The van der Waals surface area contributed by atoms with Crippen molar-refractivity contribution in [2.75, 3.05) is 25.5 Å². The number of hydrogen-bond acceptors (Lipinski definition) is 4. The minimum atomic E-state index is -1.31. The number of anilines is 1. The Morgan fingerprint density at radius 2 is 1.60 bits per heavy atom. The number of carbonyl (C=O) groups excluding carboxylic acids is 4. The molecule has 3 aromatic carbocycles. The van der Waals surface area contributed by atoms with Crippen molar-refractivity contribution in [1.82, 2.24) is 15.1 Å². The second-order valence-corrected chi connectivity index (χ2v) is 9.04. The Hall–Kier alpha value is -4.20. The molecule has 35 heavy (non-hydrogen) atoms. The Labute approximate surface area is 203 Å². The first-order chi connectivity index (χ1) is 16.6. The van der Waals surface area contributed by atoms with Crippen molar-refractivity contribution in [2.24, 2.45) is 0 Å². The first-order valence-electron chi connectivity index (χ1n) is 11.3. The summed E-state index contributed by atoms with van der Waals surface area (Å²) in [5, 5.41) is 7.38. The molecule has 0 spiro atoms. The van der Waals surface area contributed by atoms with Crippen LogP contribution in [0.25, 0.3) is 10.8 Å². The van der Waals surface area contributed by atoms with Gasteiger partial charge in [-0.15, -0.1) is 0 Å². The number of rotatable bonds is 6. The molecule has 8 nitrogen and oxygen atoms in total. The Balaban J connectivity index is 1.46. The van der Waals surface area contributed by atoms with E-state index in [0.717, 1.165) is 26.8 Å². The minimum Gasteiger partial charge on any atom is -0.335 e. The Morgan fingerprint density at radius 1 is 0.971 bits per heavy atom. The molecule has 180 valence electrons. The summed E-state index contributed by atoms with van der Waals surface area (Å²) >= 11 is 0. The van der Waals surface area contributed by atoms with E-state index >= 15 is 0 Å². The SMILES string of the molecule is Cc1cccc(C)c1NC(=O)CN(C)C(=O)CN1C(=O)NC(C)(c2cccc3ccccc23)C1=O. The maximum atomic E-state index is 13.4. The molecule has 2 N–H and O–H groups in total. The Kier molecular flexibility index (Phi) is 6.30. The molecule has 1 saturated heterocycles. The summed E-state index contributed by atoms with van der Waals surface area (Å²) in [6.45, 7) is 4.75. The summed E-state index contributed by atoms with van der Waals surface area (Å²) in [5.74, 6) is -1.40. The third-order valence-corrected chi connectivity index (χ3v) is 6.45. The van der Waals surface area contributed by atoms with Crippen LogP contribution in [-0.4, -0.2) is 53.7 Å². The van der Waals surface area contributed by atoms with E-state index in [4.69, 9.17) is 0 Å². The van der Waals surface area contributed by atoms with Gasteiger partial charge in [0.2, 0.25) is 11.8 Å². The summed E-state index contributed by atoms with van der Waals surface area (Å²) in [7, 11) is 1.47. The van der Waals surface area contributed by atoms with Gasteiger partial charge in [0, 0.05) is 12.7 Å². The average Bonchev–Trinajstić information content (AvgIpc) is 3.04. The number of benzene rings is 3. The maximum Gasteiger partial charge on any atom is 0.325 e. The van der Waals surface area contributed by atoms with Crippen molar-refractivity contribution in [2.45, 2.75) is 26.3 Å². The van der Waals surface area contributed by atoms with E-state index < -0.39 is 29.9 Å². The second kappa shape index (κ2) is 9.21. The number of urea groups is 1. The normalized spacial score (nSPS) is 17.4. The van der Waals surface area contributed by atoms with Crippen LogP contribution in [0, 0.1) is 13.8 Å². The molecule has 1 fully saturated rings. The smallest absolute Gasteiger partial charge is 0.325 e. The maximum absolute atomic E-state index is 13.4. The summed E-state index contributed by atoms with van der Waals surface area (Å²) in [5.41, 5.74) is 1.89. The molecule has 0 saturated carbocycles. The Bertz CT molecular complexity index is 1330. The zero-order valence-corrected chi connectivity index (χ0v) is 20.2. The largest absolute Gasteiger partial charge is 0.335 e. The van der Waals surface area contributed by atoms with Crippen molar-refractivity contribution in [3.63, 3.8) is 0 Å². The zero-order valence-electron chi connectivity index (χ0n) is 20.2. The molecule has 8 heteroatoms. The molecule has 3 aromatic rings. The van der Waals surface area contributed by atoms with Crippen molar-refractivity contribution in [3.05, 3.63) is 77.4 Å². The lowest BCUT2D eigenvalue weighted by molar-refractivity contribution is -0.139. The van der Waals surface area contributed by atoms with Gasteiger partial charge >= 0.3 is 6.03 Å². The zero-order chi connectivity index (χ0) is 25.3. The van der Waals surface area contributed by atoms with Gasteiger partial charge in [-0.3, -0.25) is 19.3 Å². The molecule has 0 aliphatic carbocycles. The molecule has 0 aromatic heterocycles. The lowest BCUT2D eigenvalue weighted by atomic mass is 9.88. The van der Waals surface area contributed by atoms with Gasteiger partial charge < -0.3 is 15.5 Å². The predicted molar refractivity (Wildman–Crippen MR) is 134 cm³/mol. The van der Waals surface area contributed by atoms with Crippen LogP contribution in [0.15, 0.2) is 60.7 Å². The number of imide groups is 1. The molecule has 0 radical (unpaired) electrons. The summed E-state index contributed by atoms with van der Waals surface area (Å²) in [6, 6.07) is 18.2. The van der Waals surface area contributed by atoms with Gasteiger partial charge in [-0.25, -0.2) is 4.79 Å². The van der Waals surface area contributed by atoms with E-state index in [1.165, 1.54) is 11.9 Å². The van der Waals surface area contributed by atoms with Crippen molar-refractivity contribution >= 4 is 40.2 Å². The molecule has 0 bridgehead atoms. The molecule has 1 aliphatic rings. The summed E-state index contributed by atoms with van der Waals surface area (Å²) < 4.78 is 0. The average molecular weight is 473 g/mol. The van der Waals surface area contributed by atoms with Crippen LogP contribution in [0.1, 0.15) is 23.6 Å². The third kappa shape index (κ3) is 4.47. The number of likely N-dealkylation sites (N-methyl/N-ethyl adjacent to an activating group) is 1. The number of para-hydroxylation sites is 1. The number of amides is 5. The third-order valence-electron chi connectivity index (χ3n) is 6.45. The number of aryl methyl sites for hydroxylation is 2. The fourth-order valence-corrected chi connectivity index (χ4v) is 4.43. The van der Waals surface area contributed by atoms with Gasteiger partial charge in [0.05, 0.1) is 6.54 Å². The van der Waals surface area contributed by atoms with E-state index in [9.17, 15) is 19.2 Å². The predicted octanol–water partition coefficient (Wildman–Crippen LogP) is 3.32. The summed E-state index contributed by atoms with van der Waals surface area (Å²) in [4.78, 5) is 53.6. The van der Waals surface area contributed by atoms with Gasteiger partial charge in [-0.1, -0.05) is 60.7 Å². The molecule has 1 atom stereocenters. The van der Waals surface area contributed by atoms with Crippen LogP contribution >= 0.6 is 0 Å². The first-order valence-corrected chi connectivity index (χ1v) is 11.3. The van der Waals surface area contributed by atoms with Crippen LogP contribution in [0.5, 0.6) is 0 Å². The fourth-order valence-electron chi connectivity index (χ4n) is 4.43. The number of nitrogens with zero attached hydrogens (tertiary/aromatic N) is 2. The van der Waals surface area contributed by atoms with Crippen molar-refractivity contribution in [1.29, 1.82) is 0 Å². The van der Waals surface area contributed by atoms with Gasteiger partial charge in [-0.2, -0.15) is 0 Å². The van der Waals surface area contributed by atoms with E-state index in [-0.39, 0.29) is 12.5 Å². The minimum absolute atomic E-state index is 0.211. The van der Waals surface area contributed by atoms with Gasteiger partial charge in [0.15, 0.2) is 0 Å². The lowest BCUT2D eigenvalue weighted by Gasteiger charge is -2.24.